The summed E-state index contributed by atoms with van der Waals surface area (Å²) in [5, 5.41) is 2.58. The molecule has 1 aromatic carbocycles. The predicted molar refractivity (Wildman–Crippen MR) is 104 cm³/mol. The van der Waals surface area contributed by atoms with E-state index in [4.69, 9.17) is 20.8 Å². The van der Waals surface area contributed by atoms with E-state index in [9.17, 15) is 4.79 Å². The standard InChI is InChI=1S/C20H18ClNO3S/c1-24-19-8-7-16(21)12-15(19)6-9-20(23)22(13-17-4-2-10-25-17)14-18-5-3-11-26-18/h2-12H,13-14H2,1H3/b9-6+. The van der Waals surface area contributed by atoms with Crippen LogP contribution < -0.4 is 4.74 Å². The van der Waals surface area contributed by atoms with Crippen LogP contribution in [0.25, 0.3) is 6.08 Å². The van der Waals surface area contributed by atoms with Crippen molar-refractivity contribution in [1.29, 1.82) is 0 Å². The van der Waals surface area contributed by atoms with Gasteiger partial charge in [0, 0.05) is 21.5 Å². The minimum Gasteiger partial charge on any atom is -0.496 e. The molecule has 0 aliphatic rings. The number of rotatable bonds is 7. The van der Waals surface area contributed by atoms with Crippen molar-refractivity contribution in [2.75, 3.05) is 7.11 Å². The third-order valence-electron chi connectivity index (χ3n) is 3.76. The number of amides is 1. The minimum absolute atomic E-state index is 0.114. The van der Waals surface area contributed by atoms with Gasteiger partial charge in [-0.2, -0.15) is 0 Å². The summed E-state index contributed by atoms with van der Waals surface area (Å²) in [7, 11) is 1.59. The number of ether oxygens (including phenoxy) is 1. The molecule has 6 heteroatoms. The summed E-state index contributed by atoms with van der Waals surface area (Å²) in [6, 6.07) is 13.0. The topological polar surface area (TPSA) is 42.7 Å². The molecule has 3 rings (SSSR count). The summed E-state index contributed by atoms with van der Waals surface area (Å²) in [4.78, 5) is 15.6. The molecule has 2 heterocycles. The average Bonchev–Trinajstić information content (AvgIpc) is 3.33. The third-order valence-corrected chi connectivity index (χ3v) is 4.86. The first-order chi connectivity index (χ1) is 12.7. The molecule has 0 atom stereocenters. The SMILES string of the molecule is COc1ccc(Cl)cc1/C=C/C(=O)N(Cc1ccco1)Cc1cccs1. The maximum absolute atomic E-state index is 12.8. The molecule has 0 spiro atoms. The molecule has 2 aromatic heterocycles. The summed E-state index contributed by atoms with van der Waals surface area (Å²) in [6.07, 6.45) is 4.86. The Hall–Kier alpha value is -2.50. The lowest BCUT2D eigenvalue weighted by Gasteiger charge is -2.19. The van der Waals surface area contributed by atoms with E-state index < -0.39 is 0 Å². The van der Waals surface area contributed by atoms with E-state index >= 15 is 0 Å². The molecule has 1 amide bonds. The van der Waals surface area contributed by atoms with Crippen LogP contribution in [-0.2, 0) is 17.9 Å². The van der Waals surface area contributed by atoms with Gasteiger partial charge in [0.25, 0.3) is 0 Å². The van der Waals surface area contributed by atoms with Gasteiger partial charge >= 0.3 is 0 Å². The first kappa shape index (κ1) is 18.3. The Morgan fingerprint density at radius 3 is 2.85 bits per heavy atom. The maximum Gasteiger partial charge on any atom is 0.247 e. The third kappa shape index (κ3) is 4.77. The lowest BCUT2D eigenvalue weighted by atomic mass is 10.2. The molecule has 0 saturated carbocycles. The van der Waals surface area contributed by atoms with Gasteiger partial charge in [-0.15, -0.1) is 11.3 Å². The van der Waals surface area contributed by atoms with Crippen molar-refractivity contribution in [3.63, 3.8) is 0 Å². The summed E-state index contributed by atoms with van der Waals surface area (Å²) in [5.74, 6) is 1.29. The fraction of sp³-hybridized carbons (Fsp3) is 0.150. The van der Waals surface area contributed by atoms with Crippen LogP contribution in [0.5, 0.6) is 5.75 Å². The smallest absolute Gasteiger partial charge is 0.247 e. The van der Waals surface area contributed by atoms with Gasteiger partial charge in [-0.1, -0.05) is 17.7 Å². The quantitative estimate of drug-likeness (QED) is 0.520. The highest BCUT2D eigenvalue weighted by Gasteiger charge is 2.14. The van der Waals surface area contributed by atoms with Gasteiger partial charge in [0.15, 0.2) is 0 Å². The molecule has 4 nitrogen and oxygen atoms in total. The summed E-state index contributed by atoms with van der Waals surface area (Å²) < 4.78 is 10.7. The van der Waals surface area contributed by atoms with Crippen molar-refractivity contribution in [3.05, 3.63) is 81.4 Å². The van der Waals surface area contributed by atoms with Crippen LogP contribution in [0.3, 0.4) is 0 Å². The van der Waals surface area contributed by atoms with Crippen molar-refractivity contribution in [1.82, 2.24) is 4.90 Å². The lowest BCUT2D eigenvalue weighted by Crippen LogP contribution is -2.28. The zero-order valence-corrected chi connectivity index (χ0v) is 15.8. The van der Waals surface area contributed by atoms with Crippen LogP contribution in [0.1, 0.15) is 16.2 Å². The van der Waals surface area contributed by atoms with Crippen molar-refractivity contribution in [2.45, 2.75) is 13.1 Å². The number of carbonyl (C=O) groups excluding carboxylic acids is 1. The van der Waals surface area contributed by atoms with E-state index in [-0.39, 0.29) is 5.91 Å². The number of methoxy groups -OCH3 is 1. The number of benzene rings is 1. The van der Waals surface area contributed by atoms with Gasteiger partial charge in [-0.05, 0) is 47.9 Å². The molecule has 0 aliphatic carbocycles. The largest absolute Gasteiger partial charge is 0.496 e. The number of thiophene rings is 1. The Morgan fingerprint density at radius 1 is 1.27 bits per heavy atom. The Balaban J connectivity index is 1.79. The van der Waals surface area contributed by atoms with E-state index in [2.05, 4.69) is 0 Å². The molecule has 0 fully saturated rings. The summed E-state index contributed by atoms with van der Waals surface area (Å²) in [6.45, 7) is 0.926. The second-order valence-corrected chi connectivity index (χ2v) is 7.04. The molecular weight excluding hydrogens is 370 g/mol. The molecular formula is C20H18ClNO3S. The lowest BCUT2D eigenvalue weighted by molar-refractivity contribution is -0.127. The Bertz CT molecular complexity index is 836. The van der Waals surface area contributed by atoms with Crippen LogP contribution >= 0.6 is 22.9 Å². The maximum atomic E-state index is 12.8. The fourth-order valence-corrected chi connectivity index (χ4v) is 3.39. The molecule has 26 heavy (non-hydrogen) atoms. The second-order valence-electron chi connectivity index (χ2n) is 5.57. The van der Waals surface area contributed by atoms with Crippen LogP contribution in [0, 0.1) is 0 Å². The zero-order chi connectivity index (χ0) is 18.4. The zero-order valence-electron chi connectivity index (χ0n) is 14.2. The van der Waals surface area contributed by atoms with Crippen LogP contribution in [0.2, 0.25) is 5.02 Å². The van der Waals surface area contributed by atoms with Gasteiger partial charge in [0.1, 0.15) is 11.5 Å². The number of hydrogen-bond acceptors (Lipinski definition) is 4. The van der Waals surface area contributed by atoms with Crippen LogP contribution in [0.4, 0.5) is 0 Å². The Labute approximate surface area is 161 Å². The fourth-order valence-electron chi connectivity index (χ4n) is 2.49. The number of halogens is 1. The van der Waals surface area contributed by atoms with E-state index in [1.807, 2.05) is 29.6 Å². The highest BCUT2D eigenvalue weighted by Crippen LogP contribution is 2.24. The number of nitrogens with zero attached hydrogens (tertiary/aromatic N) is 1. The summed E-state index contributed by atoms with van der Waals surface area (Å²) in [5.41, 5.74) is 0.752. The van der Waals surface area contributed by atoms with Crippen LogP contribution in [-0.4, -0.2) is 17.9 Å². The second kappa shape index (κ2) is 8.74. The summed E-state index contributed by atoms with van der Waals surface area (Å²) >= 11 is 7.66. The first-order valence-corrected chi connectivity index (χ1v) is 9.27. The van der Waals surface area contributed by atoms with Gasteiger partial charge in [0.2, 0.25) is 5.91 Å². The van der Waals surface area contributed by atoms with Gasteiger partial charge in [-0.25, -0.2) is 0 Å². The molecule has 3 aromatic rings. The monoisotopic (exact) mass is 387 g/mol. The first-order valence-electron chi connectivity index (χ1n) is 8.01. The Kier molecular flexibility index (Phi) is 6.15. The van der Waals surface area contributed by atoms with Gasteiger partial charge in [0.05, 0.1) is 26.5 Å². The van der Waals surface area contributed by atoms with E-state index in [0.717, 1.165) is 16.2 Å². The van der Waals surface area contributed by atoms with Gasteiger partial charge < -0.3 is 14.1 Å². The van der Waals surface area contributed by atoms with Gasteiger partial charge in [-0.3, -0.25) is 4.79 Å². The number of hydrogen-bond donors (Lipinski definition) is 0. The molecule has 0 radical (unpaired) electrons. The van der Waals surface area contributed by atoms with Crippen molar-refractivity contribution < 1.29 is 13.9 Å². The van der Waals surface area contributed by atoms with Crippen molar-refractivity contribution >= 4 is 34.9 Å². The molecule has 134 valence electrons. The van der Waals surface area contributed by atoms with Crippen molar-refractivity contribution in [2.24, 2.45) is 0 Å². The molecule has 0 N–H and O–H groups in total. The normalized spacial score (nSPS) is 11.0. The van der Waals surface area contributed by atoms with E-state index in [0.29, 0.717) is 23.9 Å². The number of carbonyl (C=O) groups is 1. The predicted octanol–water partition coefficient (Wildman–Crippen LogP) is 5.25. The molecule has 0 saturated heterocycles. The minimum atomic E-state index is -0.114. The highest BCUT2D eigenvalue weighted by molar-refractivity contribution is 7.09. The van der Waals surface area contributed by atoms with E-state index in [1.165, 1.54) is 6.08 Å². The average molecular weight is 388 g/mol. The Morgan fingerprint density at radius 2 is 2.15 bits per heavy atom. The van der Waals surface area contributed by atoms with E-state index in [1.54, 1.807) is 53.9 Å². The number of furan rings is 1. The molecule has 0 unspecified atom stereocenters. The molecule has 0 aliphatic heterocycles. The highest BCUT2D eigenvalue weighted by atomic mass is 35.5. The molecule has 0 bridgehead atoms. The van der Waals surface area contributed by atoms with Crippen LogP contribution in [0.15, 0.2) is 64.6 Å². The van der Waals surface area contributed by atoms with Crippen molar-refractivity contribution in [3.8, 4) is 5.75 Å².